The zero-order valence-electron chi connectivity index (χ0n) is 13.7. The molecule has 3 rings (SSSR count). The summed E-state index contributed by atoms with van der Waals surface area (Å²) in [5.74, 6) is 0.888. The molecule has 0 radical (unpaired) electrons. The molecule has 23 heavy (non-hydrogen) atoms. The summed E-state index contributed by atoms with van der Waals surface area (Å²) in [5.41, 5.74) is 1.05. The molecule has 2 heterocycles. The summed E-state index contributed by atoms with van der Waals surface area (Å²) in [6.07, 6.45) is 4.87. The van der Waals surface area contributed by atoms with E-state index in [0.29, 0.717) is 12.3 Å². The Morgan fingerprint density at radius 3 is 2.96 bits per heavy atom. The van der Waals surface area contributed by atoms with Crippen LogP contribution in [0.1, 0.15) is 37.6 Å². The van der Waals surface area contributed by atoms with Crippen LogP contribution in [0.2, 0.25) is 0 Å². The molecule has 1 aromatic heterocycles. The summed E-state index contributed by atoms with van der Waals surface area (Å²) in [7, 11) is 0. The van der Waals surface area contributed by atoms with Gasteiger partial charge in [0, 0.05) is 18.9 Å². The number of hydrogen-bond donors (Lipinski definition) is 2. The van der Waals surface area contributed by atoms with E-state index in [1.807, 2.05) is 18.2 Å². The quantitative estimate of drug-likeness (QED) is 0.855. The Morgan fingerprint density at radius 1 is 1.39 bits per heavy atom. The summed E-state index contributed by atoms with van der Waals surface area (Å²) >= 11 is 1.72. The third kappa shape index (κ3) is 4.75. The number of carbonyl (C=O) groups excluding carboxylic acids is 1. The Labute approximate surface area is 141 Å². The van der Waals surface area contributed by atoms with Gasteiger partial charge in [0.25, 0.3) is 0 Å². The zero-order valence-corrected chi connectivity index (χ0v) is 14.5. The van der Waals surface area contributed by atoms with E-state index >= 15 is 0 Å². The summed E-state index contributed by atoms with van der Waals surface area (Å²) in [6.45, 7) is 4.26. The maximum Gasteiger partial charge on any atom is 0.220 e. The first-order valence-electron chi connectivity index (χ1n) is 8.55. The Morgan fingerprint density at radius 2 is 2.17 bits per heavy atom. The van der Waals surface area contributed by atoms with Crippen LogP contribution in [0.5, 0.6) is 0 Å². The molecule has 1 aromatic carbocycles. The van der Waals surface area contributed by atoms with Crippen LogP contribution in [0.3, 0.4) is 0 Å². The molecule has 0 spiro atoms. The molecule has 1 atom stereocenters. The average Bonchev–Trinajstić information content (AvgIpc) is 2.96. The molecule has 0 aliphatic carbocycles. The van der Waals surface area contributed by atoms with Crippen molar-refractivity contribution in [1.82, 2.24) is 15.6 Å². The number of rotatable bonds is 6. The van der Waals surface area contributed by atoms with Crippen LogP contribution in [-0.2, 0) is 11.2 Å². The highest BCUT2D eigenvalue weighted by atomic mass is 32.1. The number of hydrogen-bond acceptors (Lipinski definition) is 4. The second-order valence-electron chi connectivity index (χ2n) is 6.48. The molecule has 1 fully saturated rings. The van der Waals surface area contributed by atoms with E-state index in [2.05, 4.69) is 28.6 Å². The Kier molecular flexibility index (Phi) is 5.62. The minimum Gasteiger partial charge on any atom is -0.353 e. The van der Waals surface area contributed by atoms with Crippen molar-refractivity contribution in [3.05, 3.63) is 29.3 Å². The molecule has 0 bridgehead atoms. The minimum absolute atomic E-state index is 0.135. The number of fused-ring (bicyclic) bond motifs is 1. The van der Waals surface area contributed by atoms with E-state index in [1.54, 1.807) is 11.3 Å². The Hall–Kier alpha value is -1.46. The number of benzene rings is 1. The van der Waals surface area contributed by atoms with Crippen molar-refractivity contribution in [3.63, 3.8) is 0 Å². The lowest BCUT2D eigenvalue weighted by molar-refractivity contribution is -0.122. The monoisotopic (exact) mass is 331 g/mol. The van der Waals surface area contributed by atoms with Gasteiger partial charge in [0.15, 0.2) is 0 Å². The third-order valence-electron chi connectivity index (χ3n) is 4.46. The number of aromatic nitrogens is 1. The molecule has 2 N–H and O–H groups in total. The lowest BCUT2D eigenvalue weighted by Gasteiger charge is -2.22. The van der Waals surface area contributed by atoms with E-state index in [0.717, 1.165) is 36.5 Å². The lowest BCUT2D eigenvalue weighted by Crippen LogP contribution is -2.34. The zero-order chi connectivity index (χ0) is 16.1. The van der Waals surface area contributed by atoms with Crippen LogP contribution in [0.4, 0.5) is 0 Å². The van der Waals surface area contributed by atoms with Gasteiger partial charge in [0.2, 0.25) is 5.91 Å². The average molecular weight is 331 g/mol. The summed E-state index contributed by atoms with van der Waals surface area (Å²) in [4.78, 5) is 16.8. The molecule has 0 saturated carbocycles. The maximum absolute atomic E-state index is 12.1. The predicted octanol–water partition coefficient (Wildman–Crippen LogP) is 3.12. The van der Waals surface area contributed by atoms with Crippen LogP contribution < -0.4 is 10.6 Å². The van der Waals surface area contributed by atoms with Gasteiger partial charge in [-0.05, 0) is 57.3 Å². The van der Waals surface area contributed by atoms with Gasteiger partial charge in [-0.2, -0.15) is 0 Å². The second-order valence-corrected chi connectivity index (χ2v) is 7.60. The van der Waals surface area contributed by atoms with Crippen molar-refractivity contribution in [3.8, 4) is 0 Å². The van der Waals surface area contributed by atoms with Gasteiger partial charge >= 0.3 is 0 Å². The molecule has 1 aliphatic heterocycles. The fourth-order valence-electron chi connectivity index (χ4n) is 3.17. The molecular formula is C18H25N3OS. The van der Waals surface area contributed by atoms with E-state index in [9.17, 15) is 4.79 Å². The molecule has 124 valence electrons. The molecule has 1 aliphatic rings. The van der Waals surface area contributed by atoms with Gasteiger partial charge < -0.3 is 10.6 Å². The number of amides is 1. The van der Waals surface area contributed by atoms with E-state index in [1.165, 1.54) is 17.5 Å². The fraction of sp³-hybridized carbons (Fsp3) is 0.556. The molecule has 1 amide bonds. The highest BCUT2D eigenvalue weighted by molar-refractivity contribution is 7.18. The number of carbonyl (C=O) groups is 1. The highest BCUT2D eigenvalue weighted by Gasteiger charge is 2.16. The highest BCUT2D eigenvalue weighted by Crippen LogP contribution is 2.22. The van der Waals surface area contributed by atoms with Crippen molar-refractivity contribution in [2.24, 2.45) is 5.92 Å². The van der Waals surface area contributed by atoms with Crippen LogP contribution in [0.25, 0.3) is 10.2 Å². The molecule has 2 aromatic rings. The van der Waals surface area contributed by atoms with Gasteiger partial charge in [-0.1, -0.05) is 12.1 Å². The fourth-order valence-corrected chi connectivity index (χ4v) is 4.27. The summed E-state index contributed by atoms with van der Waals surface area (Å²) in [5, 5.41) is 7.59. The summed E-state index contributed by atoms with van der Waals surface area (Å²) in [6, 6.07) is 8.32. The first-order valence-corrected chi connectivity index (χ1v) is 9.37. The van der Waals surface area contributed by atoms with Gasteiger partial charge in [-0.15, -0.1) is 11.3 Å². The molecule has 1 unspecified atom stereocenters. The van der Waals surface area contributed by atoms with E-state index in [-0.39, 0.29) is 11.9 Å². The Balaban J connectivity index is 1.44. The standard InChI is InChI=1S/C18H25N3OS/c1-13(12-18-21-15-4-2-3-5-16(15)23-18)20-17(22)7-6-14-8-10-19-11-9-14/h2-5,13-14,19H,6-12H2,1H3,(H,20,22). The number of thiazole rings is 1. The first kappa shape index (κ1) is 16.4. The largest absolute Gasteiger partial charge is 0.353 e. The maximum atomic E-state index is 12.1. The summed E-state index contributed by atoms with van der Waals surface area (Å²) < 4.78 is 1.21. The van der Waals surface area contributed by atoms with Crippen molar-refractivity contribution < 1.29 is 4.79 Å². The topological polar surface area (TPSA) is 54.0 Å². The molecule has 1 saturated heterocycles. The number of piperidine rings is 1. The third-order valence-corrected chi connectivity index (χ3v) is 5.52. The molecule has 4 nitrogen and oxygen atoms in total. The Bertz CT molecular complexity index is 616. The second kappa shape index (κ2) is 7.88. The van der Waals surface area contributed by atoms with Crippen LogP contribution >= 0.6 is 11.3 Å². The van der Waals surface area contributed by atoms with Crippen LogP contribution in [0.15, 0.2) is 24.3 Å². The van der Waals surface area contributed by atoms with Crippen molar-refractivity contribution in [2.45, 2.75) is 45.1 Å². The van der Waals surface area contributed by atoms with E-state index in [4.69, 9.17) is 0 Å². The van der Waals surface area contributed by atoms with Gasteiger partial charge in [-0.3, -0.25) is 4.79 Å². The smallest absolute Gasteiger partial charge is 0.220 e. The lowest BCUT2D eigenvalue weighted by atomic mass is 9.93. The van der Waals surface area contributed by atoms with Gasteiger partial charge in [0.1, 0.15) is 0 Å². The number of para-hydroxylation sites is 1. The normalized spacial score (nSPS) is 17.3. The van der Waals surface area contributed by atoms with Crippen LogP contribution in [0, 0.1) is 5.92 Å². The minimum atomic E-state index is 0.135. The van der Waals surface area contributed by atoms with Crippen molar-refractivity contribution in [1.29, 1.82) is 0 Å². The first-order chi connectivity index (χ1) is 11.2. The van der Waals surface area contributed by atoms with Crippen molar-refractivity contribution >= 4 is 27.5 Å². The van der Waals surface area contributed by atoms with Gasteiger partial charge in [0.05, 0.1) is 15.2 Å². The molecule has 5 heteroatoms. The molecular weight excluding hydrogens is 306 g/mol. The van der Waals surface area contributed by atoms with E-state index < -0.39 is 0 Å². The SMILES string of the molecule is CC(Cc1nc2ccccc2s1)NC(=O)CCC1CCNCC1. The van der Waals surface area contributed by atoms with Crippen LogP contribution in [-0.4, -0.2) is 30.0 Å². The number of nitrogens with zero attached hydrogens (tertiary/aromatic N) is 1. The van der Waals surface area contributed by atoms with Gasteiger partial charge in [-0.25, -0.2) is 4.98 Å². The number of nitrogens with one attached hydrogen (secondary N) is 2. The predicted molar refractivity (Wildman–Crippen MR) is 95.8 cm³/mol. The van der Waals surface area contributed by atoms with Crippen molar-refractivity contribution in [2.75, 3.05) is 13.1 Å².